The summed E-state index contributed by atoms with van der Waals surface area (Å²) in [4.78, 5) is 15.0. The number of aliphatic imine (C=N–C) groups is 1. The summed E-state index contributed by atoms with van der Waals surface area (Å²) < 4.78 is 0. The second-order valence-corrected chi connectivity index (χ2v) is 4.33. The fraction of sp³-hybridized carbons (Fsp3) is 0.0909. The minimum absolute atomic E-state index is 0.0234. The molecule has 19 heavy (non-hydrogen) atoms. The molecule has 0 aliphatic carbocycles. The molecule has 0 saturated heterocycles. The Kier molecular flexibility index (Phi) is 5.37. The number of hydrogen-bond donors (Lipinski definition) is 4. The van der Waals surface area contributed by atoms with Gasteiger partial charge in [0.1, 0.15) is 0 Å². The third kappa shape index (κ3) is 5.56. The van der Waals surface area contributed by atoms with E-state index in [4.69, 9.17) is 22.1 Å². The van der Waals surface area contributed by atoms with Gasteiger partial charge < -0.3 is 16.8 Å². The molecule has 0 fully saturated rings. The third-order valence-electron chi connectivity index (χ3n) is 1.87. The first-order chi connectivity index (χ1) is 9.01. The Hall–Kier alpha value is -2.53. The van der Waals surface area contributed by atoms with E-state index in [1.165, 1.54) is 0 Å². The lowest BCUT2D eigenvalue weighted by Gasteiger charge is -2.04. The summed E-state index contributed by atoms with van der Waals surface area (Å²) in [5.74, 6) is -0.481. The van der Waals surface area contributed by atoms with Gasteiger partial charge in [-0.05, 0) is 24.3 Å². The first-order valence-electron chi connectivity index (χ1n) is 5.12. The Morgan fingerprint density at radius 3 is 2.58 bits per heavy atom. The molecular weight excluding hydrogens is 264 g/mol. The summed E-state index contributed by atoms with van der Waals surface area (Å²) >= 11 is 0.911. The van der Waals surface area contributed by atoms with Crippen molar-refractivity contribution in [1.82, 2.24) is 0 Å². The van der Waals surface area contributed by atoms with Crippen LogP contribution in [-0.4, -0.2) is 22.8 Å². The zero-order chi connectivity index (χ0) is 14.3. The zero-order valence-corrected chi connectivity index (χ0v) is 10.7. The molecule has 0 aliphatic heterocycles. The highest BCUT2D eigenvalue weighted by Crippen LogP contribution is 2.10. The van der Waals surface area contributed by atoms with E-state index in [2.05, 4.69) is 10.3 Å². The van der Waals surface area contributed by atoms with Crippen LogP contribution in [0.25, 0.3) is 0 Å². The van der Waals surface area contributed by atoms with Crippen molar-refractivity contribution >= 4 is 34.5 Å². The quantitative estimate of drug-likeness (QED) is 0.468. The standard InChI is InChI=1S/C11H12N6OS/c12-5-7-1-3-8(4-2-7)16-9(18)6-19-11(15)17-10(13)14/h1-4H,6H2,(H,16,18)(H5,13,14,15,17). The smallest absolute Gasteiger partial charge is 0.234 e. The predicted molar refractivity (Wildman–Crippen MR) is 75.8 cm³/mol. The van der Waals surface area contributed by atoms with E-state index in [1.54, 1.807) is 24.3 Å². The average Bonchev–Trinajstić information content (AvgIpc) is 2.36. The number of nitrogens with two attached hydrogens (primary N) is 2. The van der Waals surface area contributed by atoms with Gasteiger partial charge in [0.2, 0.25) is 5.91 Å². The summed E-state index contributed by atoms with van der Waals surface area (Å²) in [7, 11) is 0. The maximum Gasteiger partial charge on any atom is 0.234 e. The number of hydrogen-bond acceptors (Lipinski definition) is 4. The number of anilines is 1. The Bertz CT molecular complexity index is 541. The van der Waals surface area contributed by atoms with E-state index in [9.17, 15) is 4.79 Å². The number of carbonyl (C=O) groups excluding carboxylic acids is 1. The van der Waals surface area contributed by atoms with Gasteiger partial charge in [-0.15, -0.1) is 0 Å². The van der Waals surface area contributed by atoms with E-state index in [0.717, 1.165) is 11.8 Å². The van der Waals surface area contributed by atoms with Crippen LogP contribution in [0.1, 0.15) is 5.56 Å². The Morgan fingerprint density at radius 2 is 2.05 bits per heavy atom. The highest BCUT2D eigenvalue weighted by atomic mass is 32.2. The van der Waals surface area contributed by atoms with Gasteiger partial charge in [-0.1, -0.05) is 11.8 Å². The fourth-order valence-electron chi connectivity index (χ4n) is 1.11. The van der Waals surface area contributed by atoms with Gasteiger partial charge in [0, 0.05) is 5.69 Å². The molecular formula is C11H12N6OS. The maximum atomic E-state index is 11.6. The first kappa shape index (κ1) is 14.5. The molecule has 6 N–H and O–H groups in total. The molecule has 0 radical (unpaired) electrons. The highest BCUT2D eigenvalue weighted by molar-refractivity contribution is 8.14. The predicted octanol–water partition coefficient (Wildman–Crippen LogP) is 0.438. The van der Waals surface area contributed by atoms with E-state index in [-0.39, 0.29) is 22.8 Å². The van der Waals surface area contributed by atoms with Crippen LogP contribution in [0.15, 0.2) is 29.3 Å². The van der Waals surface area contributed by atoms with Crippen molar-refractivity contribution in [3.8, 4) is 6.07 Å². The topological polar surface area (TPSA) is 141 Å². The minimum atomic E-state index is -0.287. The van der Waals surface area contributed by atoms with E-state index < -0.39 is 0 Å². The van der Waals surface area contributed by atoms with Crippen molar-refractivity contribution in [2.45, 2.75) is 0 Å². The van der Waals surface area contributed by atoms with Crippen molar-refractivity contribution in [2.75, 3.05) is 11.1 Å². The molecule has 0 bridgehead atoms. The van der Waals surface area contributed by atoms with Crippen LogP contribution in [0.2, 0.25) is 0 Å². The fourth-order valence-corrected chi connectivity index (χ4v) is 1.62. The maximum absolute atomic E-state index is 11.6. The Balaban J connectivity index is 2.45. The lowest BCUT2D eigenvalue weighted by molar-refractivity contribution is -0.113. The van der Waals surface area contributed by atoms with Gasteiger partial charge >= 0.3 is 0 Å². The average molecular weight is 276 g/mol. The van der Waals surface area contributed by atoms with Gasteiger partial charge in [0.15, 0.2) is 11.1 Å². The summed E-state index contributed by atoms with van der Waals surface area (Å²) in [5.41, 5.74) is 11.3. The molecule has 7 nitrogen and oxygen atoms in total. The number of rotatable bonds is 3. The van der Waals surface area contributed by atoms with Gasteiger partial charge in [0.25, 0.3) is 0 Å². The van der Waals surface area contributed by atoms with Crippen molar-refractivity contribution in [3.05, 3.63) is 29.8 Å². The molecule has 1 aromatic rings. The normalized spacial score (nSPS) is 9.21. The van der Waals surface area contributed by atoms with Crippen molar-refractivity contribution in [3.63, 3.8) is 0 Å². The number of nitriles is 1. The van der Waals surface area contributed by atoms with Crippen molar-refractivity contribution in [1.29, 1.82) is 10.7 Å². The lowest BCUT2D eigenvalue weighted by Crippen LogP contribution is -2.24. The number of nitrogens with one attached hydrogen (secondary N) is 2. The molecule has 1 rings (SSSR count). The van der Waals surface area contributed by atoms with Crippen LogP contribution in [0.5, 0.6) is 0 Å². The Morgan fingerprint density at radius 1 is 1.42 bits per heavy atom. The largest absolute Gasteiger partial charge is 0.370 e. The summed E-state index contributed by atoms with van der Waals surface area (Å²) in [5, 5.41) is 18.5. The highest BCUT2D eigenvalue weighted by Gasteiger charge is 2.05. The number of guanidine groups is 1. The number of thioether (sulfide) groups is 1. The number of nitrogens with zero attached hydrogens (tertiary/aromatic N) is 2. The Labute approximate surface area is 114 Å². The van der Waals surface area contributed by atoms with Crippen LogP contribution in [0, 0.1) is 16.7 Å². The van der Waals surface area contributed by atoms with Gasteiger partial charge in [-0.2, -0.15) is 10.3 Å². The van der Waals surface area contributed by atoms with Crippen LogP contribution in [0.3, 0.4) is 0 Å². The van der Waals surface area contributed by atoms with Crippen LogP contribution in [0.4, 0.5) is 5.69 Å². The first-order valence-corrected chi connectivity index (χ1v) is 6.11. The summed E-state index contributed by atoms with van der Waals surface area (Å²) in [6.45, 7) is 0. The van der Waals surface area contributed by atoms with Crippen molar-refractivity contribution < 1.29 is 4.79 Å². The molecule has 0 aromatic heterocycles. The lowest BCUT2D eigenvalue weighted by atomic mass is 10.2. The van der Waals surface area contributed by atoms with Crippen LogP contribution >= 0.6 is 11.8 Å². The summed E-state index contributed by atoms with van der Waals surface area (Å²) in [6, 6.07) is 8.44. The van der Waals surface area contributed by atoms with Crippen LogP contribution < -0.4 is 16.8 Å². The van der Waals surface area contributed by atoms with Gasteiger partial charge in [-0.3, -0.25) is 10.2 Å². The molecule has 0 spiro atoms. The second kappa shape index (κ2) is 7.03. The zero-order valence-electron chi connectivity index (χ0n) is 9.88. The van der Waals surface area contributed by atoms with E-state index in [0.29, 0.717) is 11.3 Å². The monoisotopic (exact) mass is 276 g/mol. The molecule has 0 atom stereocenters. The van der Waals surface area contributed by atoms with Gasteiger partial charge in [-0.25, -0.2) is 0 Å². The molecule has 0 heterocycles. The molecule has 1 aromatic carbocycles. The van der Waals surface area contributed by atoms with Crippen LogP contribution in [-0.2, 0) is 4.79 Å². The number of benzene rings is 1. The molecule has 98 valence electrons. The second-order valence-electron chi connectivity index (χ2n) is 3.37. The van der Waals surface area contributed by atoms with E-state index >= 15 is 0 Å². The molecule has 0 unspecified atom stereocenters. The minimum Gasteiger partial charge on any atom is -0.370 e. The number of amidine groups is 1. The number of amides is 1. The molecule has 1 amide bonds. The SMILES string of the molecule is N#Cc1ccc(NC(=O)CSC(=N)N=C(N)N)cc1. The molecule has 8 heteroatoms. The summed E-state index contributed by atoms with van der Waals surface area (Å²) in [6.07, 6.45) is 0. The van der Waals surface area contributed by atoms with E-state index in [1.807, 2.05) is 6.07 Å². The third-order valence-corrected chi connectivity index (χ3v) is 2.64. The molecule has 0 saturated carbocycles. The van der Waals surface area contributed by atoms with Crippen molar-refractivity contribution in [2.24, 2.45) is 16.5 Å². The molecule has 0 aliphatic rings. The number of carbonyl (C=O) groups is 1. The van der Waals surface area contributed by atoms with Gasteiger partial charge in [0.05, 0.1) is 17.4 Å².